The van der Waals surface area contributed by atoms with Crippen LogP contribution < -0.4 is 0 Å². The molecule has 0 saturated carbocycles. The van der Waals surface area contributed by atoms with Crippen molar-refractivity contribution in [2.75, 3.05) is 20.1 Å². The Morgan fingerprint density at radius 3 is 2.82 bits per heavy atom. The number of rotatable bonds is 0. The Morgan fingerprint density at radius 2 is 2.00 bits per heavy atom. The van der Waals surface area contributed by atoms with Crippen molar-refractivity contribution < 1.29 is 11.6 Å². The largest absolute Gasteiger partial charge is 0.306 e. The van der Waals surface area contributed by atoms with Gasteiger partial charge in [0.25, 0.3) is 0 Å². The number of carbonyl (C=O) groups is 1. The van der Waals surface area contributed by atoms with Gasteiger partial charge in [0.15, 0.2) is 5.78 Å². The van der Waals surface area contributed by atoms with Crippen LogP contribution in [0.15, 0.2) is 41.3 Å². The van der Waals surface area contributed by atoms with Crippen molar-refractivity contribution in [3.63, 3.8) is 0 Å². The van der Waals surface area contributed by atoms with Crippen LogP contribution in [-0.2, 0) is 6.37 Å². The lowest BCUT2D eigenvalue weighted by molar-refractivity contribution is 0.0997. The molecule has 4 rings (SSSR count). The number of Topliss-reactive ketones (excluding diaryl/α,β-unsaturated/α-hetero) is 1. The van der Waals surface area contributed by atoms with Gasteiger partial charge in [0.2, 0.25) is 0 Å². The molecule has 2 nitrogen and oxygen atoms in total. The molecule has 1 aromatic heterocycles. The molecule has 112 valence electrons. The van der Waals surface area contributed by atoms with Gasteiger partial charge in [-0.25, -0.2) is 0 Å². The first-order valence-electron chi connectivity index (χ1n) is 9.91. The normalized spacial score (nSPS) is 25.1. The van der Waals surface area contributed by atoms with Crippen molar-refractivity contribution in [2.45, 2.75) is 19.2 Å². The Balaban J connectivity index is 1.90. The van der Waals surface area contributed by atoms with Crippen molar-refractivity contribution in [2.24, 2.45) is 0 Å². The summed E-state index contributed by atoms with van der Waals surface area (Å²) < 4.78 is 39.8. The van der Waals surface area contributed by atoms with E-state index >= 15 is 0 Å². The van der Waals surface area contributed by atoms with E-state index in [0.29, 0.717) is 36.4 Å². The molecular formula is C19H19NOS. The minimum Gasteiger partial charge on any atom is -0.306 e. The molecule has 0 spiro atoms. The summed E-state index contributed by atoms with van der Waals surface area (Å²) >= 11 is 1.27. The molecule has 0 amide bonds. The third-order valence-electron chi connectivity index (χ3n) is 4.31. The summed E-state index contributed by atoms with van der Waals surface area (Å²) in [5.74, 6) is -0.504. The van der Waals surface area contributed by atoms with Crippen LogP contribution >= 0.6 is 11.3 Å². The molecule has 1 aromatic carbocycles. The Morgan fingerprint density at radius 1 is 1.18 bits per heavy atom. The molecular weight excluding hydrogens is 290 g/mol. The molecule has 1 saturated heterocycles. The summed E-state index contributed by atoms with van der Waals surface area (Å²) in [7, 11) is 0. The SMILES string of the molecule is [2H]C1([2H])C(=O)c2sccc2C(=C2CCN(C([2H])([2H])[2H])CC2)c2ccccc21. The zero-order valence-electron chi connectivity index (χ0n) is 17.1. The van der Waals surface area contributed by atoms with Gasteiger partial charge in [-0.3, -0.25) is 4.79 Å². The summed E-state index contributed by atoms with van der Waals surface area (Å²) in [4.78, 5) is 14.9. The third-order valence-corrected chi connectivity index (χ3v) is 5.22. The standard InChI is InChI=1S/C19H19NOS/c1-20-9-6-13(7-10-20)18-15-5-3-2-4-14(15)12-17(21)19-16(18)8-11-22-19/h2-5,8,11H,6-7,9-10,12H2,1H3/i1D3,12D2. The zero-order valence-corrected chi connectivity index (χ0v) is 12.9. The molecule has 0 atom stereocenters. The van der Waals surface area contributed by atoms with Crippen LogP contribution in [-0.4, -0.2) is 30.7 Å². The molecule has 0 unspecified atom stereocenters. The number of piperidine rings is 1. The van der Waals surface area contributed by atoms with Gasteiger partial charge in [0.05, 0.1) is 4.88 Å². The first-order chi connectivity index (χ1) is 12.7. The highest BCUT2D eigenvalue weighted by atomic mass is 32.1. The monoisotopic (exact) mass is 314 g/mol. The highest BCUT2D eigenvalue weighted by Crippen LogP contribution is 2.40. The van der Waals surface area contributed by atoms with Crippen molar-refractivity contribution in [3.8, 4) is 0 Å². The second-order valence-electron chi connectivity index (χ2n) is 5.63. The minimum absolute atomic E-state index is 0.388. The number of fused-ring (bicyclic) bond motifs is 2. The smallest absolute Gasteiger partial charge is 0.177 e. The highest BCUT2D eigenvalue weighted by Gasteiger charge is 2.27. The molecule has 0 radical (unpaired) electrons. The van der Waals surface area contributed by atoms with E-state index in [9.17, 15) is 4.79 Å². The molecule has 0 bridgehead atoms. The van der Waals surface area contributed by atoms with Gasteiger partial charge >= 0.3 is 0 Å². The number of hydrogen-bond donors (Lipinski definition) is 0. The molecule has 1 aliphatic carbocycles. The van der Waals surface area contributed by atoms with Crippen LogP contribution in [0, 0.1) is 0 Å². The lowest BCUT2D eigenvalue weighted by atomic mass is 9.88. The van der Waals surface area contributed by atoms with Gasteiger partial charge in [-0.2, -0.15) is 0 Å². The van der Waals surface area contributed by atoms with E-state index in [1.165, 1.54) is 16.2 Å². The van der Waals surface area contributed by atoms with Crippen molar-refractivity contribution >= 4 is 22.7 Å². The maximum Gasteiger partial charge on any atom is 0.177 e. The topological polar surface area (TPSA) is 20.3 Å². The molecule has 0 N–H and O–H groups in total. The quantitative estimate of drug-likeness (QED) is 0.732. The second-order valence-corrected chi connectivity index (χ2v) is 6.54. The van der Waals surface area contributed by atoms with Gasteiger partial charge in [0, 0.05) is 31.9 Å². The molecule has 2 aliphatic rings. The minimum atomic E-state index is -2.10. The van der Waals surface area contributed by atoms with Crippen LogP contribution in [0.4, 0.5) is 0 Å². The number of likely N-dealkylation sites (tertiary alicyclic amines) is 1. The fourth-order valence-corrected chi connectivity index (χ4v) is 4.02. The maximum absolute atomic E-state index is 12.9. The van der Waals surface area contributed by atoms with Gasteiger partial charge in [-0.05, 0) is 48.0 Å². The van der Waals surface area contributed by atoms with E-state index < -0.39 is 19.1 Å². The van der Waals surface area contributed by atoms with Crippen LogP contribution in [0.25, 0.3) is 5.57 Å². The molecule has 1 aliphatic heterocycles. The van der Waals surface area contributed by atoms with E-state index in [0.717, 1.165) is 22.3 Å². The molecule has 1 fully saturated rings. The Bertz CT molecular complexity index is 934. The lowest BCUT2D eigenvalue weighted by Gasteiger charge is -2.27. The van der Waals surface area contributed by atoms with Crippen LogP contribution in [0.3, 0.4) is 0 Å². The Hall–Kier alpha value is -1.71. The fourth-order valence-electron chi connectivity index (χ4n) is 3.22. The molecule has 3 heteroatoms. The number of benzene rings is 1. The van der Waals surface area contributed by atoms with Crippen molar-refractivity contribution in [3.05, 3.63) is 62.9 Å². The Kier molecular flexibility index (Phi) is 2.35. The summed E-state index contributed by atoms with van der Waals surface area (Å²) in [5, 5.41) is 1.82. The number of ketones is 1. The third kappa shape index (κ3) is 2.25. The predicted molar refractivity (Wildman–Crippen MR) is 91.5 cm³/mol. The average Bonchev–Trinajstić information content (AvgIpc) is 3.08. The maximum atomic E-state index is 12.9. The number of thiophene rings is 1. The van der Waals surface area contributed by atoms with Gasteiger partial charge in [-0.1, -0.05) is 29.8 Å². The highest BCUT2D eigenvalue weighted by molar-refractivity contribution is 7.12. The number of hydrogen-bond acceptors (Lipinski definition) is 3. The van der Waals surface area contributed by atoms with E-state index in [-0.39, 0.29) is 0 Å². The molecule has 2 aromatic rings. The van der Waals surface area contributed by atoms with Crippen LogP contribution in [0.5, 0.6) is 0 Å². The van der Waals surface area contributed by atoms with Crippen LogP contribution in [0.2, 0.25) is 0 Å². The summed E-state index contributed by atoms with van der Waals surface area (Å²) in [6, 6.07) is 9.04. The average molecular weight is 314 g/mol. The number of nitrogens with zero attached hydrogens (tertiary/aromatic N) is 1. The fraction of sp³-hybridized carbons (Fsp3) is 0.316. The van der Waals surface area contributed by atoms with Gasteiger partial charge < -0.3 is 4.90 Å². The number of carbonyl (C=O) groups excluding carboxylic acids is 1. The summed E-state index contributed by atoms with van der Waals surface area (Å²) in [6.07, 6.45) is -0.902. The van der Waals surface area contributed by atoms with Gasteiger partial charge in [-0.15, -0.1) is 11.3 Å². The van der Waals surface area contributed by atoms with E-state index in [2.05, 4.69) is 0 Å². The first-order valence-corrected chi connectivity index (χ1v) is 8.29. The van der Waals surface area contributed by atoms with Crippen LogP contribution in [0.1, 0.15) is 46.1 Å². The van der Waals surface area contributed by atoms with E-state index in [1.807, 2.05) is 23.6 Å². The second kappa shape index (κ2) is 5.49. The first kappa shape index (κ1) is 9.43. The van der Waals surface area contributed by atoms with E-state index in [1.54, 1.807) is 12.1 Å². The molecule has 2 heterocycles. The summed E-state index contributed by atoms with van der Waals surface area (Å²) in [5.41, 5.74) is 3.90. The van der Waals surface area contributed by atoms with Crippen molar-refractivity contribution in [1.82, 2.24) is 4.90 Å². The predicted octanol–water partition coefficient (Wildman–Crippen LogP) is 4.01. The summed E-state index contributed by atoms with van der Waals surface area (Å²) in [6.45, 7) is -1.24. The molecule has 22 heavy (non-hydrogen) atoms. The van der Waals surface area contributed by atoms with Gasteiger partial charge in [0.1, 0.15) is 0 Å². The zero-order chi connectivity index (χ0) is 19.4. The lowest BCUT2D eigenvalue weighted by Crippen LogP contribution is -2.27. The van der Waals surface area contributed by atoms with E-state index in [4.69, 9.17) is 6.85 Å². The Labute approximate surface area is 142 Å². The van der Waals surface area contributed by atoms with Crippen molar-refractivity contribution in [1.29, 1.82) is 0 Å².